The van der Waals surface area contributed by atoms with Gasteiger partial charge in [-0.1, -0.05) is 0 Å². The fraction of sp³-hybridized carbons (Fsp3) is 0.500. The van der Waals surface area contributed by atoms with Crippen LogP contribution in [-0.4, -0.2) is 54.9 Å². The number of carbonyl (C=O) groups is 1. The summed E-state index contributed by atoms with van der Waals surface area (Å²) >= 11 is 0. The maximum atomic E-state index is 12.2. The molecule has 27 heavy (non-hydrogen) atoms. The molecule has 1 atom stereocenters. The zero-order valence-corrected chi connectivity index (χ0v) is 16.0. The Labute approximate surface area is 159 Å². The van der Waals surface area contributed by atoms with Gasteiger partial charge in [-0.2, -0.15) is 5.10 Å². The second-order valence-electron chi connectivity index (χ2n) is 7.20. The van der Waals surface area contributed by atoms with Gasteiger partial charge in [0.2, 0.25) is 5.91 Å². The Hall–Kier alpha value is -2.38. The summed E-state index contributed by atoms with van der Waals surface area (Å²) in [5, 5.41) is 7.33. The molecular formula is C20H28N4O3. The van der Waals surface area contributed by atoms with Crippen molar-refractivity contribution in [1.82, 2.24) is 15.1 Å². The molecule has 146 valence electrons. The van der Waals surface area contributed by atoms with Crippen LogP contribution in [0, 0.1) is 5.41 Å². The lowest BCUT2D eigenvalue weighted by atomic mass is 9.76. The number of aromatic nitrogens is 2. The van der Waals surface area contributed by atoms with Gasteiger partial charge in [-0.05, 0) is 50.1 Å². The van der Waals surface area contributed by atoms with Gasteiger partial charge in [0.1, 0.15) is 5.75 Å². The molecule has 1 amide bonds. The van der Waals surface area contributed by atoms with Gasteiger partial charge in [0, 0.05) is 37.9 Å². The van der Waals surface area contributed by atoms with E-state index in [9.17, 15) is 4.79 Å². The summed E-state index contributed by atoms with van der Waals surface area (Å²) in [7, 11) is 3.31. The van der Waals surface area contributed by atoms with Crippen LogP contribution in [0.2, 0.25) is 0 Å². The van der Waals surface area contributed by atoms with Crippen LogP contribution in [0.1, 0.15) is 24.8 Å². The summed E-state index contributed by atoms with van der Waals surface area (Å²) in [4.78, 5) is 14.5. The summed E-state index contributed by atoms with van der Waals surface area (Å²) in [5.41, 5.74) is 8.41. The highest BCUT2D eigenvalue weighted by molar-refractivity contribution is 5.81. The lowest BCUT2D eigenvalue weighted by molar-refractivity contribution is -0.132. The summed E-state index contributed by atoms with van der Waals surface area (Å²) in [6.45, 7) is 2.85. The predicted octanol–water partition coefficient (Wildman–Crippen LogP) is 2.19. The Morgan fingerprint density at radius 3 is 2.78 bits per heavy atom. The van der Waals surface area contributed by atoms with Gasteiger partial charge < -0.3 is 15.2 Å². The Kier molecular flexibility index (Phi) is 6.13. The Morgan fingerprint density at radius 1 is 1.33 bits per heavy atom. The van der Waals surface area contributed by atoms with E-state index in [1.807, 2.05) is 30.5 Å². The van der Waals surface area contributed by atoms with Crippen LogP contribution in [0.25, 0.3) is 11.3 Å². The quantitative estimate of drug-likeness (QED) is 0.741. The maximum Gasteiger partial charge on any atom is 0.225 e. The molecule has 3 rings (SSSR count). The number of likely N-dealkylation sites (tertiary alicyclic amines) is 1. The second-order valence-corrected chi connectivity index (χ2v) is 7.20. The largest absolute Gasteiger partial charge is 0.497 e. The fourth-order valence-electron chi connectivity index (χ4n) is 3.87. The normalized spacial score (nSPS) is 20.5. The van der Waals surface area contributed by atoms with E-state index < -0.39 is 5.41 Å². The van der Waals surface area contributed by atoms with Crippen molar-refractivity contribution in [2.45, 2.75) is 25.8 Å². The molecule has 0 saturated carbocycles. The van der Waals surface area contributed by atoms with Crippen LogP contribution in [0.4, 0.5) is 0 Å². The van der Waals surface area contributed by atoms with Crippen molar-refractivity contribution < 1.29 is 14.3 Å². The van der Waals surface area contributed by atoms with Crippen LogP contribution >= 0.6 is 0 Å². The van der Waals surface area contributed by atoms with Gasteiger partial charge in [-0.15, -0.1) is 0 Å². The molecule has 0 aliphatic carbocycles. The molecule has 2 heterocycles. The number of nitrogens with zero attached hydrogens (tertiary/aromatic N) is 2. The van der Waals surface area contributed by atoms with Gasteiger partial charge in [0.05, 0.1) is 24.4 Å². The van der Waals surface area contributed by atoms with E-state index >= 15 is 0 Å². The first-order valence-electron chi connectivity index (χ1n) is 9.26. The van der Waals surface area contributed by atoms with E-state index in [0.29, 0.717) is 19.6 Å². The number of hydrogen-bond acceptors (Lipinski definition) is 5. The number of aromatic amines is 1. The fourth-order valence-corrected chi connectivity index (χ4v) is 3.87. The van der Waals surface area contributed by atoms with Gasteiger partial charge in [-0.3, -0.25) is 14.8 Å². The van der Waals surface area contributed by atoms with Crippen LogP contribution in [0.3, 0.4) is 0 Å². The van der Waals surface area contributed by atoms with Crippen LogP contribution in [-0.2, 0) is 16.1 Å². The minimum Gasteiger partial charge on any atom is -0.497 e. The number of hydrogen-bond donors (Lipinski definition) is 2. The first kappa shape index (κ1) is 19.4. The highest BCUT2D eigenvalue weighted by Gasteiger charge is 2.40. The van der Waals surface area contributed by atoms with Crippen LogP contribution in [0.15, 0.2) is 30.5 Å². The average Bonchev–Trinajstić information content (AvgIpc) is 3.14. The number of carbonyl (C=O) groups excluding carboxylic acids is 1. The van der Waals surface area contributed by atoms with E-state index in [-0.39, 0.29) is 5.91 Å². The monoisotopic (exact) mass is 372 g/mol. The summed E-state index contributed by atoms with van der Waals surface area (Å²) < 4.78 is 10.4. The molecule has 1 aliphatic heterocycles. The standard InChI is InChI=1S/C20H28N4O3/c1-26-11-9-20(19(21)25)8-3-10-24(14-20)13-16-12-22-23-18(16)15-4-6-17(27-2)7-5-15/h4-7,12H,3,8-11,13-14H2,1-2H3,(H2,21,25)(H,22,23). The van der Waals surface area contributed by atoms with Gasteiger partial charge in [-0.25, -0.2) is 0 Å². The number of amides is 1. The van der Waals surface area contributed by atoms with Crippen molar-refractivity contribution in [1.29, 1.82) is 0 Å². The van der Waals surface area contributed by atoms with E-state index in [0.717, 1.165) is 48.5 Å². The number of ether oxygens (including phenoxy) is 2. The minimum atomic E-state index is -0.516. The SMILES string of the molecule is COCCC1(C(N)=O)CCCN(Cc2cn[nH]c2-c2ccc(OC)cc2)C1. The molecule has 2 aromatic rings. The predicted molar refractivity (Wildman–Crippen MR) is 103 cm³/mol. The van der Waals surface area contributed by atoms with Crippen molar-refractivity contribution >= 4 is 5.91 Å². The highest BCUT2D eigenvalue weighted by Crippen LogP contribution is 2.35. The maximum absolute atomic E-state index is 12.2. The lowest BCUT2D eigenvalue weighted by Crippen LogP contribution is -2.50. The Balaban J connectivity index is 1.75. The molecule has 1 aromatic heterocycles. The van der Waals surface area contributed by atoms with Crippen molar-refractivity contribution in [2.75, 3.05) is 33.9 Å². The third-order valence-corrected chi connectivity index (χ3v) is 5.45. The third-order valence-electron chi connectivity index (χ3n) is 5.45. The van der Waals surface area contributed by atoms with Gasteiger partial charge >= 0.3 is 0 Å². The molecule has 1 fully saturated rings. The smallest absolute Gasteiger partial charge is 0.225 e. The number of nitrogens with two attached hydrogens (primary N) is 1. The summed E-state index contributed by atoms with van der Waals surface area (Å²) in [6.07, 6.45) is 4.28. The average molecular weight is 372 g/mol. The van der Waals surface area contributed by atoms with Crippen molar-refractivity contribution in [3.63, 3.8) is 0 Å². The lowest BCUT2D eigenvalue weighted by Gasteiger charge is -2.40. The van der Waals surface area contributed by atoms with Crippen molar-refractivity contribution in [3.05, 3.63) is 36.0 Å². The molecule has 0 radical (unpaired) electrons. The zero-order valence-electron chi connectivity index (χ0n) is 16.0. The van der Waals surface area contributed by atoms with Crippen LogP contribution in [0.5, 0.6) is 5.75 Å². The molecule has 1 unspecified atom stereocenters. The van der Waals surface area contributed by atoms with Gasteiger partial charge in [0.15, 0.2) is 0 Å². The topological polar surface area (TPSA) is 93.5 Å². The minimum absolute atomic E-state index is 0.230. The molecular weight excluding hydrogens is 344 g/mol. The first-order valence-corrected chi connectivity index (χ1v) is 9.26. The van der Waals surface area contributed by atoms with E-state index in [4.69, 9.17) is 15.2 Å². The number of primary amides is 1. The molecule has 1 aliphatic rings. The van der Waals surface area contributed by atoms with E-state index in [2.05, 4.69) is 15.1 Å². The molecule has 7 heteroatoms. The number of H-pyrrole nitrogens is 1. The van der Waals surface area contributed by atoms with Crippen LogP contribution < -0.4 is 10.5 Å². The summed E-state index contributed by atoms with van der Waals surface area (Å²) in [5.74, 6) is 0.590. The number of methoxy groups -OCH3 is 2. The highest BCUT2D eigenvalue weighted by atomic mass is 16.5. The van der Waals surface area contributed by atoms with E-state index in [1.165, 1.54) is 0 Å². The number of piperidine rings is 1. The van der Waals surface area contributed by atoms with E-state index in [1.54, 1.807) is 14.2 Å². The molecule has 1 aromatic carbocycles. The van der Waals surface area contributed by atoms with Crippen molar-refractivity contribution in [3.8, 4) is 17.0 Å². The number of nitrogens with one attached hydrogen (secondary N) is 1. The Bertz CT molecular complexity index is 759. The molecule has 0 spiro atoms. The number of benzene rings is 1. The van der Waals surface area contributed by atoms with Crippen molar-refractivity contribution in [2.24, 2.45) is 11.1 Å². The zero-order chi connectivity index (χ0) is 19.3. The first-order chi connectivity index (χ1) is 13.1. The number of rotatable bonds is 8. The summed E-state index contributed by atoms with van der Waals surface area (Å²) in [6, 6.07) is 7.89. The van der Waals surface area contributed by atoms with Gasteiger partial charge in [0.25, 0.3) is 0 Å². The molecule has 7 nitrogen and oxygen atoms in total. The second kappa shape index (κ2) is 8.54. The third kappa shape index (κ3) is 4.31. The molecule has 1 saturated heterocycles. The molecule has 3 N–H and O–H groups in total. The molecule has 0 bridgehead atoms. The Morgan fingerprint density at radius 2 is 2.11 bits per heavy atom.